The molecule has 1 rings (SSSR count). The molecule has 0 saturated carbocycles. The highest BCUT2D eigenvalue weighted by molar-refractivity contribution is 5.31. The summed E-state index contributed by atoms with van der Waals surface area (Å²) in [4.78, 5) is 0. The van der Waals surface area contributed by atoms with Crippen molar-refractivity contribution in [1.82, 2.24) is 5.32 Å². The number of hydrogen-bond donors (Lipinski definition) is 2. The molecule has 0 fully saturated rings. The molecule has 0 heterocycles. The van der Waals surface area contributed by atoms with Crippen LogP contribution in [0.2, 0.25) is 0 Å². The SMILES string of the molecule is COc1ccc(C(C)(C)CNCCCO)cc1. The third kappa shape index (κ3) is 4.36. The van der Waals surface area contributed by atoms with Crippen LogP contribution in [-0.2, 0) is 5.41 Å². The predicted molar refractivity (Wildman–Crippen MR) is 70.6 cm³/mol. The van der Waals surface area contributed by atoms with Gasteiger partial charge in [-0.1, -0.05) is 26.0 Å². The molecular formula is C14H23NO2. The van der Waals surface area contributed by atoms with Crippen LogP contribution >= 0.6 is 0 Å². The monoisotopic (exact) mass is 237 g/mol. The van der Waals surface area contributed by atoms with Crippen LogP contribution in [0.25, 0.3) is 0 Å². The molecule has 0 amide bonds. The lowest BCUT2D eigenvalue weighted by molar-refractivity contribution is 0.284. The van der Waals surface area contributed by atoms with E-state index in [4.69, 9.17) is 9.84 Å². The molecule has 96 valence electrons. The number of ether oxygens (including phenoxy) is 1. The molecule has 0 saturated heterocycles. The number of benzene rings is 1. The molecule has 0 spiro atoms. The Bertz CT molecular complexity index is 319. The second kappa shape index (κ2) is 6.62. The zero-order chi connectivity index (χ0) is 12.7. The minimum atomic E-state index is 0.0850. The first-order valence-electron chi connectivity index (χ1n) is 6.06. The van der Waals surface area contributed by atoms with E-state index in [0.717, 1.165) is 25.3 Å². The summed E-state index contributed by atoms with van der Waals surface area (Å²) in [5, 5.41) is 12.1. The van der Waals surface area contributed by atoms with Gasteiger partial charge in [0.25, 0.3) is 0 Å². The van der Waals surface area contributed by atoms with E-state index < -0.39 is 0 Å². The van der Waals surface area contributed by atoms with Crippen LogP contribution in [0.1, 0.15) is 25.8 Å². The van der Waals surface area contributed by atoms with Crippen molar-refractivity contribution in [1.29, 1.82) is 0 Å². The van der Waals surface area contributed by atoms with Crippen molar-refractivity contribution in [3.63, 3.8) is 0 Å². The van der Waals surface area contributed by atoms with Crippen LogP contribution in [0.3, 0.4) is 0 Å². The van der Waals surface area contributed by atoms with Crippen LogP contribution in [0.15, 0.2) is 24.3 Å². The van der Waals surface area contributed by atoms with Crippen molar-refractivity contribution in [2.45, 2.75) is 25.7 Å². The van der Waals surface area contributed by atoms with Gasteiger partial charge in [0.15, 0.2) is 0 Å². The van der Waals surface area contributed by atoms with Crippen LogP contribution in [-0.4, -0.2) is 31.9 Å². The zero-order valence-electron chi connectivity index (χ0n) is 11.0. The molecule has 17 heavy (non-hydrogen) atoms. The van der Waals surface area contributed by atoms with Crippen LogP contribution in [0, 0.1) is 0 Å². The first-order chi connectivity index (χ1) is 8.10. The molecule has 0 aromatic heterocycles. The molecule has 3 heteroatoms. The van der Waals surface area contributed by atoms with E-state index in [1.165, 1.54) is 5.56 Å². The summed E-state index contributed by atoms with van der Waals surface area (Å²) in [6, 6.07) is 8.19. The molecule has 0 aliphatic heterocycles. The molecule has 2 N–H and O–H groups in total. The molecule has 1 aromatic carbocycles. The molecule has 1 aromatic rings. The largest absolute Gasteiger partial charge is 0.497 e. The fourth-order valence-corrected chi connectivity index (χ4v) is 1.75. The molecular weight excluding hydrogens is 214 g/mol. The van der Waals surface area contributed by atoms with Crippen LogP contribution in [0.4, 0.5) is 0 Å². The summed E-state index contributed by atoms with van der Waals surface area (Å²) in [7, 11) is 1.68. The number of nitrogens with one attached hydrogen (secondary N) is 1. The maximum absolute atomic E-state index is 8.72. The van der Waals surface area contributed by atoms with Gasteiger partial charge in [0.05, 0.1) is 7.11 Å². The average molecular weight is 237 g/mol. The van der Waals surface area contributed by atoms with E-state index in [0.29, 0.717) is 0 Å². The summed E-state index contributed by atoms with van der Waals surface area (Å²) >= 11 is 0. The second-order valence-electron chi connectivity index (χ2n) is 4.87. The highest BCUT2D eigenvalue weighted by Gasteiger charge is 2.19. The summed E-state index contributed by atoms with van der Waals surface area (Å²) in [5.74, 6) is 0.887. The van der Waals surface area contributed by atoms with E-state index in [2.05, 4.69) is 31.3 Å². The Morgan fingerprint density at radius 3 is 2.41 bits per heavy atom. The number of hydrogen-bond acceptors (Lipinski definition) is 3. The predicted octanol–water partition coefficient (Wildman–Crippen LogP) is 1.94. The van der Waals surface area contributed by atoms with Gasteiger partial charge in [0.1, 0.15) is 5.75 Å². The standard InChI is InChI=1S/C14H23NO2/c1-14(2,11-15-9-4-10-16)12-5-7-13(17-3)8-6-12/h5-8,15-16H,4,9-11H2,1-3H3. The van der Waals surface area contributed by atoms with E-state index in [9.17, 15) is 0 Å². The molecule has 0 aliphatic rings. The molecule has 0 radical (unpaired) electrons. The topological polar surface area (TPSA) is 41.5 Å². The lowest BCUT2D eigenvalue weighted by Crippen LogP contribution is -2.33. The quantitative estimate of drug-likeness (QED) is 0.712. The molecule has 0 aliphatic carbocycles. The van der Waals surface area contributed by atoms with Gasteiger partial charge in [-0.3, -0.25) is 0 Å². The fourth-order valence-electron chi connectivity index (χ4n) is 1.75. The van der Waals surface area contributed by atoms with Crippen molar-refractivity contribution < 1.29 is 9.84 Å². The minimum Gasteiger partial charge on any atom is -0.497 e. The average Bonchev–Trinajstić information content (AvgIpc) is 2.35. The smallest absolute Gasteiger partial charge is 0.118 e. The van der Waals surface area contributed by atoms with Crippen LogP contribution in [0.5, 0.6) is 5.75 Å². The summed E-state index contributed by atoms with van der Waals surface area (Å²) in [6.07, 6.45) is 0.804. The normalized spacial score (nSPS) is 11.5. The maximum atomic E-state index is 8.72. The van der Waals surface area contributed by atoms with Crippen LogP contribution < -0.4 is 10.1 Å². The second-order valence-corrected chi connectivity index (χ2v) is 4.87. The van der Waals surface area contributed by atoms with Crippen molar-refractivity contribution >= 4 is 0 Å². The van der Waals surface area contributed by atoms with E-state index in [-0.39, 0.29) is 12.0 Å². The first-order valence-corrected chi connectivity index (χ1v) is 6.06. The van der Waals surface area contributed by atoms with Crippen molar-refractivity contribution in [3.8, 4) is 5.75 Å². The lowest BCUT2D eigenvalue weighted by Gasteiger charge is -2.26. The van der Waals surface area contributed by atoms with Gasteiger partial charge in [0, 0.05) is 18.6 Å². The Morgan fingerprint density at radius 1 is 1.24 bits per heavy atom. The third-order valence-electron chi connectivity index (χ3n) is 2.95. The zero-order valence-corrected chi connectivity index (χ0v) is 11.0. The van der Waals surface area contributed by atoms with E-state index in [1.807, 2.05) is 12.1 Å². The van der Waals surface area contributed by atoms with Crippen molar-refractivity contribution in [2.75, 3.05) is 26.8 Å². The highest BCUT2D eigenvalue weighted by Crippen LogP contribution is 2.24. The number of aliphatic hydroxyl groups is 1. The summed E-state index contributed by atoms with van der Waals surface area (Å²) in [5.41, 5.74) is 1.37. The Balaban J connectivity index is 2.55. The fraction of sp³-hybridized carbons (Fsp3) is 0.571. The Hall–Kier alpha value is -1.06. The van der Waals surface area contributed by atoms with Crippen molar-refractivity contribution in [2.24, 2.45) is 0 Å². The number of rotatable bonds is 7. The Labute approximate surface area is 104 Å². The van der Waals surface area contributed by atoms with Gasteiger partial charge in [0.2, 0.25) is 0 Å². The summed E-state index contributed by atoms with van der Waals surface area (Å²) < 4.78 is 5.15. The molecule has 3 nitrogen and oxygen atoms in total. The van der Waals surface area contributed by atoms with Gasteiger partial charge < -0.3 is 15.2 Å². The molecule has 0 unspecified atom stereocenters. The van der Waals surface area contributed by atoms with E-state index >= 15 is 0 Å². The van der Waals surface area contributed by atoms with E-state index in [1.54, 1.807) is 7.11 Å². The van der Waals surface area contributed by atoms with Crippen molar-refractivity contribution in [3.05, 3.63) is 29.8 Å². The minimum absolute atomic E-state index is 0.0850. The van der Waals surface area contributed by atoms with Gasteiger partial charge in [-0.2, -0.15) is 0 Å². The number of methoxy groups -OCH3 is 1. The first kappa shape index (κ1) is 14.0. The number of aliphatic hydroxyl groups excluding tert-OH is 1. The molecule has 0 bridgehead atoms. The van der Waals surface area contributed by atoms with Gasteiger partial charge in [-0.15, -0.1) is 0 Å². The maximum Gasteiger partial charge on any atom is 0.118 e. The Kier molecular flexibility index (Phi) is 5.45. The summed E-state index contributed by atoms with van der Waals surface area (Å²) in [6.45, 7) is 6.42. The molecule has 0 atom stereocenters. The van der Waals surface area contributed by atoms with Gasteiger partial charge in [-0.25, -0.2) is 0 Å². The van der Waals surface area contributed by atoms with Gasteiger partial charge >= 0.3 is 0 Å². The Morgan fingerprint density at radius 2 is 1.88 bits per heavy atom. The van der Waals surface area contributed by atoms with Gasteiger partial charge in [-0.05, 0) is 30.7 Å². The highest BCUT2D eigenvalue weighted by atomic mass is 16.5. The lowest BCUT2D eigenvalue weighted by atomic mass is 9.84. The third-order valence-corrected chi connectivity index (χ3v) is 2.95.